The molecular weight excluding hydrogens is 422 g/mol. The monoisotopic (exact) mass is 447 g/mol. The summed E-state index contributed by atoms with van der Waals surface area (Å²) < 4.78 is 2.11. The first-order chi connectivity index (χ1) is 14.3. The fourth-order valence-corrected chi connectivity index (χ4v) is 4.32. The Kier molecular flexibility index (Phi) is 6.45. The Morgan fingerprint density at radius 3 is 2.65 bits per heavy atom. The quantitative estimate of drug-likeness (QED) is 0.477. The van der Waals surface area contributed by atoms with Gasteiger partial charge in [0.25, 0.3) is 5.56 Å². The lowest BCUT2D eigenvalue weighted by Gasteiger charge is -2.15. The standard InChI is InChI=1S/C22H25N3O5.ClH/c1-3-16-19(23-21(28)18(20(16)27)22(29)30)12-4-5-17-13(8-12)9-14(24(17)2)10-25-7-6-15(26)11-25;/h4-5,8-9,15,26H,3,6-7,10-11H2,1-2H3,(H,29,30)(H2,23,27,28);1H. The smallest absolute Gasteiger partial charge is 0.345 e. The zero-order valence-corrected chi connectivity index (χ0v) is 18.2. The molecule has 3 heterocycles. The molecule has 1 aromatic carbocycles. The minimum atomic E-state index is -1.45. The van der Waals surface area contributed by atoms with Crippen LogP contribution in [0.25, 0.3) is 22.2 Å². The van der Waals surface area contributed by atoms with Crippen LogP contribution in [0.1, 0.15) is 35.0 Å². The molecule has 1 saturated heterocycles. The van der Waals surface area contributed by atoms with Crippen LogP contribution in [0.3, 0.4) is 0 Å². The van der Waals surface area contributed by atoms with Crippen molar-refractivity contribution in [1.82, 2.24) is 14.5 Å². The fraction of sp³-hybridized carbons (Fsp3) is 0.364. The Morgan fingerprint density at radius 2 is 2.03 bits per heavy atom. The van der Waals surface area contributed by atoms with E-state index in [-0.39, 0.29) is 18.5 Å². The average molecular weight is 448 g/mol. The molecule has 166 valence electrons. The van der Waals surface area contributed by atoms with E-state index >= 15 is 0 Å². The number of likely N-dealkylation sites (tertiary alicyclic amines) is 1. The third kappa shape index (κ3) is 4.06. The molecule has 0 amide bonds. The normalized spacial score (nSPS) is 16.5. The summed E-state index contributed by atoms with van der Waals surface area (Å²) in [5.41, 5.74) is 2.22. The Morgan fingerprint density at radius 1 is 1.29 bits per heavy atom. The zero-order valence-electron chi connectivity index (χ0n) is 17.4. The van der Waals surface area contributed by atoms with Gasteiger partial charge in [-0.2, -0.15) is 0 Å². The zero-order chi connectivity index (χ0) is 21.6. The maximum Gasteiger partial charge on any atom is 0.345 e. The maximum atomic E-state index is 12.3. The Hall–Kier alpha value is -2.81. The molecule has 9 heteroatoms. The number of carbonyl (C=O) groups is 1. The van der Waals surface area contributed by atoms with E-state index in [1.807, 2.05) is 25.2 Å². The van der Waals surface area contributed by atoms with Crippen molar-refractivity contribution < 1.29 is 20.1 Å². The number of pyridine rings is 1. The number of benzene rings is 1. The van der Waals surface area contributed by atoms with Gasteiger partial charge in [0.2, 0.25) is 0 Å². The van der Waals surface area contributed by atoms with Crippen molar-refractivity contribution in [3.05, 3.63) is 51.4 Å². The van der Waals surface area contributed by atoms with E-state index in [0.717, 1.165) is 36.1 Å². The van der Waals surface area contributed by atoms with Gasteiger partial charge in [-0.05, 0) is 36.6 Å². The fourth-order valence-electron chi connectivity index (χ4n) is 4.32. The number of aromatic carboxylic acids is 1. The summed E-state index contributed by atoms with van der Waals surface area (Å²) in [5, 5.41) is 30.4. The SMILES string of the molecule is CCc1c(-c2ccc3c(c2)cc(CN2CCC(O)C2)n3C)[nH]c(=O)c(C(=O)O)c1O.Cl. The number of β-amino-alcohol motifs (C(OH)–C–C–N with tert-alkyl or cyclic N) is 1. The number of aryl methyl sites for hydroxylation is 1. The molecule has 0 aliphatic carbocycles. The highest BCUT2D eigenvalue weighted by atomic mass is 35.5. The van der Waals surface area contributed by atoms with Gasteiger partial charge in [-0.15, -0.1) is 12.4 Å². The predicted octanol–water partition coefficient (Wildman–Crippen LogP) is 2.49. The van der Waals surface area contributed by atoms with Gasteiger partial charge in [-0.3, -0.25) is 9.69 Å². The number of fused-ring (bicyclic) bond motifs is 1. The molecule has 31 heavy (non-hydrogen) atoms. The van der Waals surface area contributed by atoms with Gasteiger partial charge in [0.15, 0.2) is 5.56 Å². The first kappa shape index (κ1) is 22.9. The number of nitrogens with zero attached hydrogens (tertiary/aromatic N) is 2. The first-order valence-corrected chi connectivity index (χ1v) is 10.0. The van der Waals surface area contributed by atoms with E-state index in [2.05, 4.69) is 20.5 Å². The second-order valence-electron chi connectivity index (χ2n) is 7.84. The number of aromatic hydroxyl groups is 1. The molecule has 0 bridgehead atoms. The van der Waals surface area contributed by atoms with Gasteiger partial charge >= 0.3 is 5.97 Å². The molecule has 1 unspecified atom stereocenters. The van der Waals surface area contributed by atoms with Gasteiger partial charge in [0.05, 0.1) is 11.8 Å². The third-order valence-corrected chi connectivity index (χ3v) is 5.92. The number of aliphatic hydroxyl groups excluding tert-OH is 1. The van der Waals surface area contributed by atoms with Crippen molar-refractivity contribution in [2.45, 2.75) is 32.4 Å². The van der Waals surface area contributed by atoms with Crippen LogP contribution in [0.15, 0.2) is 29.1 Å². The molecular formula is C22H26ClN3O5. The lowest BCUT2D eigenvalue weighted by atomic mass is 9.99. The Bertz CT molecular complexity index is 1200. The van der Waals surface area contributed by atoms with Gasteiger partial charge in [0, 0.05) is 48.8 Å². The lowest BCUT2D eigenvalue weighted by molar-refractivity contribution is 0.0691. The molecule has 8 nitrogen and oxygen atoms in total. The molecule has 0 radical (unpaired) electrons. The summed E-state index contributed by atoms with van der Waals surface area (Å²) in [4.78, 5) is 28.5. The molecule has 2 aromatic heterocycles. The first-order valence-electron chi connectivity index (χ1n) is 10.0. The van der Waals surface area contributed by atoms with Crippen LogP contribution in [-0.4, -0.2) is 54.9 Å². The van der Waals surface area contributed by atoms with Crippen LogP contribution in [0, 0.1) is 0 Å². The van der Waals surface area contributed by atoms with Crippen molar-refractivity contribution >= 4 is 29.3 Å². The van der Waals surface area contributed by atoms with Crippen molar-refractivity contribution in [3.8, 4) is 17.0 Å². The molecule has 0 saturated carbocycles. The van der Waals surface area contributed by atoms with E-state index < -0.39 is 22.8 Å². The predicted molar refractivity (Wildman–Crippen MR) is 120 cm³/mol. The molecule has 4 N–H and O–H groups in total. The van der Waals surface area contributed by atoms with Crippen LogP contribution in [0.5, 0.6) is 5.75 Å². The number of aromatic amines is 1. The molecule has 1 atom stereocenters. The summed E-state index contributed by atoms with van der Waals surface area (Å²) in [6.45, 7) is 4.07. The van der Waals surface area contributed by atoms with Crippen LogP contribution >= 0.6 is 12.4 Å². The van der Waals surface area contributed by atoms with Crippen molar-refractivity contribution in [2.75, 3.05) is 13.1 Å². The maximum absolute atomic E-state index is 12.3. The van der Waals surface area contributed by atoms with Crippen LogP contribution < -0.4 is 5.56 Å². The van der Waals surface area contributed by atoms with Crippen LogP contribution in [0.2, 0.25) is 0 Å². The minimum Gasteiger partial charge on any atom is -0.506 e. The van der Waals surface area contributed by atoms with Gasteiger partial charge in [0.1, 0.15) is 5.75 Å². The molecule has 1 aliphatic rings. The number of aromatic nitrogens is 2. The van der Waals surface area contributed by atoms with E-state index in [0.29, 0.717) is 29.8 Å². The lowest BCUT2D eigenvalue weighted by Crippen LogP contribution is -2.22. The van der Waals surface area contributed by atoms with Gasteiger partial charge < -0.3 is 24.9 Å². The van der Waals surface area contributed by atoms with Crippen LogP contribution in [0.4, 0.5) is 0 Å². The third-order valence-electron chi connectivity index (χ3n) is 5.92. The summed E-state index contributed by atoms with van der Waals surface area (Å²) in [6, 6.07) is 7.82. The summed E-state index contributed by atoms with van der Waals surface area (Å²) in [6.07, 6.45) is 0.891. The number of halogens is 1. The highest BCUT2D eigenvalue weighted by molar-refractivity contribution is 5.92. The summed E-state index contributed by atoms with van der Waals surface area (Å²) >= 11 is 0. The Labute approximate surface area is 185 Å². The van der Waals surface area contributed by atoms with Gasteiger partial charge in [-0.25, -0.2) is 4.79 Å². The van der Waals surface area contributed by atoms with Crippen molar-refractivity contribution in [3.63, 3.8) is 0 Å². The second-order valence-corrected chi connectivity index (χ2v) is 7.84. The summed E-state index contributed by atoms with van der Waals surface area (Å²) in [7, 11) is 2.00. The number of carboxylic acid groups (broad SMARTS) is 1. The van der Waals surface area contributed by atoms with Crippen molar-refractivity contribution in [2.24, 2.45) is 7.05 Å². The topological polar surface area (TPSA) is 119 Å². The summed E-state index contributed by atoms with van der Waals surface area (Å²) in [5.74, 6) is -1.93. The van der Waals surface area contributed by atoms with Gasteiger partial charge in [-0.1, -0.05) is 13.0 Å². The number of hydrogen-bond donors (Lipinski definition) is 4. The number of rotatable bonds is 5. The highest BCUT2D eigenvalue weighted by Gasteiger charge is 2.23. The molecule has 3 aromatic rings. The van der Waals surface area contributed by atoms with E-state index in [1.165, 1.54) is 0 Å². The minimum absolute atomic E-state index is 0. The molecule has 1 aliphatic heterocycles. The molecule has 4 rings (SSSR count). The number of hydrogen-bond acceptors (Lipinski definition) is 5. The van der Waals surface area contributed by atoms with E-state index in [1.54, 1.807) is 6.92 Å². The van der Waals surface area contributed by atoms with Crippen molar-refractivity contribution in [1.29, 1.82) is 0 Å². The Balaban J connectivity index is 0.00000272. The number of carboxylic acids is 1. The molecule has 1 fully saturated rings. The molecule has 0 spiro atoms. The average Bonchev–Trinajstić information content (AvgIpc) is 3.24. The largest absolute Gasteiger partial charge is 0.506 e. The second kappa shape index (κ2) is 8.74. The number of H-pyrrole nitrogens is 1. The van der Waals surface area contributed by atoms with Crippen LogP contribution in [-0.2, 0) is 20.0 Å². The van der Waals surface area contributed by atoms with E-state index in [9.17, 15) is 24.9 Å². The number of aliphatic hydroxyl groups is 1. The van der Waals surface area contributed by atoms with E-state index in [4.69, 9.17) is 0 Å². The number of nitrogens with one attached hydrogen (secondary N) is 1. The highest BCUT2D eigenvalue weighted by Crippen LogP contribution is 2.32.